The Balaban J connectivity index is 1.57. The standard InChI is InChI=1S/C19H19Cl2NO5S/c1-25-17-8-11(18-22-14(10-28-18)19(23)24)2-5-15(17)26-6-7-27-16-9-12(20)3-4-13(16)21/h2-5,8-9,14,18,22H,6-7,10H2,1H3,(H,23,24). The van der Waals surface area contributed by atoms with E-state index in [1.165, 1.54) is 0 Å². The minimum Gasteiger partial charge on any atom is -0.493 e. The Morgan fingerprint density at radius 1 is 1.14 bits per heavy atom. The number of methoxy groups -OCH3 is 1. The van der Waals surface area contributed by atoms with Gasteiger partial charge < -0.3 is 19.3 Å². The van der Waals surface area contributed by atoms with Crippen LogP contribution in [0.4, 0.5) is 0 Å². The second-order valence-corrected chi connectivity index (χ2v) is 7.93. The third kappa shape index (κ3) is 5.17. The molecule has 0 aliphatic carbocycles. The summed E-state index contributed by atoms with van der Waals surface area (Å²) in [6, 6.07) is 10.0. The van der Waals surface area contributed by atoms with Crippen molar-refractivity contribution in [3.63, 3.8) is 0 Å². The number of hydrogen-bond donors (Lipinski definition) is 2. The summed E-state index contributed by atoms with van der Waals surface area (Å²) in [4.78, 5) is 11.1. The molecule has 2 atom stereocenters. The molecule has 1 heterocycles. The third-order valence-corrected chi connectivity index (χ3v) is 5.88. The van der Waals surface area contributed by atoms with Gasteiger partial charge in [0.2, 0.25) is 0 Å². The SMILES string of the molecule is COc1cc(C2NC(C(=O)O)CS2)ccc1OCCOc1cc(Cl)ccc1Cl. The summed E-state index contributed by atoms with van der Waals surface area (Å²) >= 11 is 13.5. The molecule has 0 amide bonds. The number of ether oxygens (including phenoxy) is 3. The van der Waals surface area contributed by atoms with E-state index >= 15 is 0 Å². The van der Waals surface area contributed by atoms with Crippen LogP contribution in [0, 0.1) is 0 Å². The van der Waals surface area contributed by atoms with Crippen LogP contribution < -0.4 is 19.5 Å². The molecule has 1 aliphatic rings. The van der Waals surface area contributed by atoms with Crippen molar-refractivity contribution in [1.29, 1.82) is 0 Å². The van der Waals surface area contributed by atoms with E-state index in [-0.39, 0.29) is 18.6 Å². The number of aliphatic carboxylic acids is 1. The molecule has 1 fully saturated rings. The van der Waals surface area contributed by atoms with Crippen molar-refractivity contribution in [3.8, 4) is 17.2 Å². The van der Waals surface area contributed by atoms with E-state index in [0.29, 0.717) is 33.0 Å². The third-order valence-electron chi connectivity index (χ3n) is 4.06. The minimum atomic E-state index is -0.846. The maximum Gasteiger partial charge on any atom is 0.321 e. The smallest absolute Gasteiger partial charge is 0.321 e. The zero-order chi connectivity index (χ0) is 20.1. The molecule has 150 valence electrons. The van der Waals surface area contributed by atoms with Crippen LogP contribution in [-0.2, 0) is 4.79 Å². The van der Waals surface area contributed by atoms with Gasteiger partial charge >= 0.3 is 5.97 Å². The molecule has 3 rings (SSSR count). The fourth-order valence-electron chi connectivity index (χ4n) is 2.66. The Morgan fingerprint density at radius 3 is 2.57 bits per heavy atom. The molecule has 2 aromatic rings. The van der Waals surface area contributed by atoms with E-state index in [9.17, 15) is 4.79 Å². The van der Waals surface area contributed by atoms with Gasteiger partial charge in [-0.05, 0) is 29.8 Å². The zero-order valence-electron chi connectivity index (χ0n) is 15.0. The molecule has 0 spiro atoms. The first-order chi connectivity index (χ1) is 13.5. The van der Waals surface area contributed by atoms with Crippen LogP contribution in [0.15, 0.2) is 36.4 Å². The van der Waals surface area contributed by atoms with E-state index in [1.807, 2.05) is 12.1 Å². The summed E-state index contributed by atoms with van der Waals surface area (Å²) in [5.74, 6) is 1.31. The lowest BCUT2D eigenvalue weighted by atomic mass is 10.2. The highest BCUT2D eigenvalue weighted by Crippen LogP contribution is 2.37. The van der Waals surface area contributed by atoms with Crippen LogP contribution in [0.25, 0.3) is 0 Å². The molecule has 0 aromatic heterocycles. The highest BCUT2D eigenvalue weighted by Gasteiger charge is 2.30. The van der Waals surface area contributed by atoms with Crippen molar-refractivity contribution >= 4 is 40.9 Å². The molecule has 0 bridgehead atoms. The van der Waals surface area contributed by atoms with Crippen molar-refractivity contribution in [2.24, 2.45) is 0 Å². The molecular formula is C19H19Cl2NO5S. The van der Waals surface area contributed by atoms with Crippen LogP contribution in [0.1, 0.15) is 10.9 Å². The zero-order valence-corrected chi connectivity index (χ0v) is 17.3. The van der Waals surface area contributed by atoms with Gasteiger partial charge in [0.1, 0.15) is 25.0 Å². The van der Waals surface area contributed by atoms with Crippen LogP contribution in [0.5, 0.6) is 17.2 Å². The Bertz CT molecular complexity index is 851. The maximum absolute atomic E-state index is 11.1. The molecule has 6 nitrogen and oxygen atoms in total. The monoisotopic (exact) mass is 443 g/mol. The highest BCUT2D eigenvalue weighted by atomic mass is 35.5. The summed E-state index contributed by atoms with van der Waals surface area (Å²) in [6.45, 7) is 0.571. The lowest BCUT2D eigenvalue weighted by Gasteiger charge is -2.16. The van der Waals surface area contributed by atoms with E-state index in [4.69, 9.17) is 42.5 Å². The number of carboxylic acids is 1. The van der Waals surface area contributed by atoms with E-state index in [0.717, 1.165) is 5.56 Å². The fourth-order valence-corrected chi connectivity index (χ4v) is 4.22. The van der Waals surface area contributed by atoms with E-state index < -0.39 is 12.0 Å². The first kappa shape index (κ1) is 20.9. The lowest BCUT2D eigenvalue weighted by Crippen LogP contribution is -2.33. The fraction of sp³-hybridized carbons (Fsp3) is 0.316. The van der Waals surface area contributed by atoms with Gasteiger partial charge in [-0.2, -0.15) is 0 Å². The largest absolute Gasteiger partial charge is 0.493 e. The predicted octanol–water partition coefficient (Wildman–Crippen LogP) is 4.25. The summed E-state index contributed by atoms with van der Waals surface area (Å²) in [6.07, 6.45) is 0. The van der Waals surface area contributed by atoms with E-state index in [2.05, 4.69) is 5.32 Å². The topological polar surface area (TPSA) is 77.0 Å². The van der Waals surface area contributed by atoms with Gasteiger partial charge in [0.05, 0.1) is 17.5 Å². The average molecular weight is 444 g/mol. The van der Waals surface area contributed by atoms with Crippen molar-refractivity contribution in [2.75, 3.05) is 26.1 Å². The number of halogens is 2. The van der Waals surface area contributed by atoms with Crippen molar-refractivity contribution < 1.29 is 24.1 Å². The molecule has 1 aliphatic heterocycles. The normalized spacial score (nSPS) is 18.7. The first-order valence-electron chi connectivity index (χ1n) is 8.47. The maximum atomic E-state index is 11.1. The molecular weight excluding hydrogens is 425 g/mol. The molecule has 2 N–H and O–H groups in total. The summed E-state index contributed by atoms with van der Waals surface area (Å²) in [5, 5.41) is 13.1. The van der Waals surface area contributed by atoms with Gasteiger partial charge in [-0.3, -0.25) is 10.1 Å². The van der Waals surface area contributed by atoms with Crippen molar-refractivity contribution in [3.05, 3.63) is 52.0 Å². The summed E-state index contributed by atoms with van der Waals surface area (Å²) < 4.78 is 16.8. The number of hydrogen-bond acceptors (Lipinski definition) is 6. The second-order valence-electron chi connectivity index (χ2n) is 5.95. The van der Waals surface area contributed by atoms with Crippen LogP contribution in [0.3, 0.4) is 0 Å². The van der Waals surface area contributed by atoms with E-state index in [1.54, 1.807) is 43.1 Å². The summed E-state index contributed by atoms with van der Waals surface area (Å²) in [7, 11) is 1.56. The Labute approximate surface area is 177 Å². The minimum absolute atomic E-state index is 0.0997. The number of thioether (sulfide) groups is 1. The average Bonchev–Trinajstić information content (AvgIpc) is 3.18. The second kappa shape index (κ2) is 9.60. The summed E-state index contributed by atoms with van der Waals surface area (Å²) in [5.41, 5.74) is 0.930. The van der Waals surface area contributed by atoms with Crippen molar-refractivity contribution in [1.82, 2.24) is 5.32 Å². The van der Waals surface area contributed by atoms with Gasteiger partial charge in [-0.1, -0.05) is 29.3 Å². The van der Waals surface area contributed by atoms with Crippen LogP contribution in [0.2, 0.25) is 10.0 Å². The number of benzene rings is 2. The van der Waals surface area contributed by atoms with Gasteiger partial charge in [-0.15, -0.1) is 11.8 Å². The highest BCUT2D eigenvalue weighted by molar-refractivity contribution is 7.99. The predicted molar refractivity (Wildman–Crippen MR) is 110 cm³/mol. The number of carboxylic acid groups (broad SMARTS) is 1. The van der Waals surface area contributed by atoms with Crippen LogP contribution in [-0.4, -0.2) is 43.2 Å². The Hall–Kier alpha value is -1.80. The molecule has 2 unspecified atom stereocenters. The lowest BCUT2D eigenvalue weighted by molar-refractivity contribution is -0.138. The molecule has 2 aromatic carbocycles. The molecule has 28 heavy (non-hydrogen) atoms. The molecule has 0 saturated carbocycles. The van der Waals surface area contributed by atoms with Gasteiger partial charge in [0, 0.05) is 16.8 Å². The molecule has 1 saturated heterocycles. The Kier molecular flexibility index (Phi) is 7.18. The van der Waals surface area contributed by atoms with Gasteiger partial charge in [-0.25, -0.2) is 0 Å². The van der Waals surface area contributed by atoms with Crippen LogP contribution >= 0.6 is 35.0 Å². The quantitative estimate of drug-likeness (QED) is 0.590. The molecule has 9 heteroatoms. The molecule has 0 radical (unpaired) electrons. The number of carbonyl (C=O) groups is 1. The van der Waals surface area contributed by atoms with Crippen molar-refractivity contribution in [2.45, 2.75) is 11.4 Å². The Morgan fingerprint density at radius 2 is 1.89 bits per heavy atom. The number of rotatable bonds is 8. The van der Waals surface area contributed by atoms with Gasteiger partial charge in [0.15, 0.2) is 11.5 Å². The first-order valence-corrected chi connectivity index (χ1v) is 10.3. The number of nitrogens with one attached hydrogen (secondary N) is 1. The van der Waals surface area contributed by atoms with Gasteiger partial charge in [0.25, 0.3) is 0 Å².